The van der Waals surface area contributed by atoms with Gasteiger partial charge < -0.3 is 4.90 Å². The number of piperidine rings is 1. The molecule has 1 saturated heterocycles. The summed E-state index contributed by atoms with van der Waals surface area (Å²) < 4.78 is 28.1. The first-order valence-electron chi connectivity index (χ1n) is 10.5. The minimum Gasteiger partial charge on any atom is -0.342 e. The fraction of sp³-hybridized carbons (Fsp3) is 0.619. The summed E-state index contributed by atoms with van der Waals surface area (Å²) in [6.07, 6.45) is 8.36. The van der Waals surface area contributed by atoms with E-state index >= 15 is 0 Å². The third-order valence-electron chi connectivity index (χ3n) is 7.71. The van der Waals surface area contributed by atoms with Gasteiger partial charge in [-0.05, 0) is 55.4 Å². The Morgan fingerprint density at radius 2 is 2.14 bits per heavy atom. The van der Waals surface area contributed by atoms with E-state index in [1.807, 2.05) is 4.90 Å². The Kier molecular flexibility index (Phi) is 3.65. The highest BCUT2D eigenvalue weighted by Gasteiger charge is 2.64. The molecule has 3 aliphatic carbocycles. The first-order chi connectivity index (χ1) is 14.1. The molecule has 1 amide bonds. The number of carbonyl (C=O) groups is 1. The van der Waals surface area contributed by atoms with E-state index in [1.165, 1.54) is 25.2 Å². The summed E-state index contributed by atoms with van der Waals surface area (Å²) in [6, 6.07) is 1.43. The van der Waals surface area contributed by atoms with Gasteiger partial charge in [-0.3, -0.25) is 4.79 Å². The van der Waals surface area contributed by atoms with Crippen molar-refractivity contribution >= 4 is 11.7 Å². The number of alkyl halides is 2. The number of fused-ring (bicyclic) bond motifs is 1. The average molecular weight is 399 g/mol. The molecule has 1 aliphatic heterocycles. The Labute approximate surface area is 167 Å². The Bertz CT molecular complexity index is 1010. The van der Waals surface area contributed by atoms with Crippen LogP contribution in [0, 0.1) is 23.2 Å². The van der Waals surface area contributed by atoms with Crippen LogP contribution < -0.4 is 0 Å². The molecule has 0 N–H and O–H groups in total. The molecule has 8 heteroatoms. The smallest absolute Gasteiger partial charge is 0.280 e. The second-order valence-corrected chi connectivity index (χ2v) is 9.09. The van der Waals surface area contributed by atoms with E-state index in [2.05, 4.69) is 27.2 Å². The lowest BCUT2D eigenvalue weighted by Crippen LogP contribution is -2.43. The Morgan fingerprint density at radius 1 is 1.28 bits per heavy atom. The van der Waals surface area contributed by atoms with Crippen molar-refractivity contribution in [1.82, 2.24) is 24.5 Å². The molecule has 2 saturated carbocycles. The van der Waals surface area contributed by atoms with Gasteiger partial charge in [0.15, 0.2) is 0 Å². The minimum absolute atomic E-state index is 0.0454. The molecule has 1 spiro atoms. The second-order valence-electron chi connectivity index (χ2n) is 9.09. The lowest BCUT2D eigenvalue weighted by Gasteiger charge is -2.35. The lowest BCUT2D eigenvalue weighted by atomic mass is 9.86. The van der Waals surface area contributed by atoms with Crippen LogP contribution in [0.15, 0.2) is 24.5 Å². The summed E-state index contributed by atoms with van der Waals surface area (Å²) in [6.45, 7) is 1.29. The zero-order valence-electron chi connectivity index (χ0n) is 16.0. The van der Waals surface area contributed by atoms with E-state index in [4.69, 9.17) is 0 Å². The van der Waals surface area contributed by atoms with Gasteiger partial charge in [-0.25, -0.2) is 13.8 Å². The van der Waals surface area contributed by atoms with Gasteiger partial charge in [0.25, 0.3) is 12.2 Å². The molecule has 152 valence electrons. The average Bonchev–Trinajstić information content (AvgIpc) is 3.14. The van der Waals surface area contributed by atoms with E-state index in [0.717, 1.165) is 30.3 Å². The molecule has 2 aromatic heterocycles. The van der Waals surface area contributed by atoms with Crippen LogP contribution in [0.3, 0.4) is 0 Å². The predicted octanol–water partition coefficient (Wildman–Crippen LogP) is 3.37. The van der Waals surface area contributed by atoms with E-state index < -0.39 is 6.43 Å². The van der Waals surface area contributed by atoms with E-state index in [1.54, 1.807) is 0 Å². The number of hydrogen-bond acceptors (Lipinski definition) is 4. The quantitative estimate of drug-likeness (QED) is 0.743. The first kappa shape index (κ1) is 17.5. The summed E-state index contributed by atoms with van der Waals surface area (Å²) in [5.41, 5.74) is 0.784. The van der Waals surface area contributed by atoms with Crippen LogP contribution >= 0.6 is 0 Å². The molecule has 6 rings (SSSR count). The van der Waals surface area contributed by atoms with E-state index in [-0.39, 0.29) is 29.2 Å². The molecule has 3 fully saturated rings. The molecule has 6 nitrogen and oxygen atoms in total. The molecule has 0 aromatic carbocycles. The van der Waals surface area contributed by atoms with Crippen molar-refractivity contribution in [2.75, 3.05) is 13.1 Å². The molecule has 0 unspecified atom stereocenters. The normalized spacial score (nSPS) is 32.0. The maximum atomic E-state index is 13.5. The fourth-order valence-corrected chi connectivity index (χ4v) is 6.13. The van der Waals surface area contributed by atoms with Gasteiger partial charge in [0, 0.05) is 24.9 Å². The fourth-order valence-electron chi connectivity index (χ4n) is 6.13. The van der Waals surface area contributed by atoms with Crippen molar-refractivity contribution in [3.8, 4) is 0 Å². The number of aromatic nitrogens is 4. The number of halogens is 2. The maximum absolute atomic E-state index is 13.5. The van der Waals surface area contributed by atoms with Gasteiger partial charge in [0.05, 0.1) is 5.69 Å². The van der Waals surface area contributed by atoms with Crippen molar-refractivity contribution < 1.29 is 13.6 Å². The highest BCUT2D eigenvalue weighted by Crippen LogP contribution is 2.70. The maximum Gasteiger partial charge on any atom is 0.280 e. The zero-order chi connectivity index (χ0) is 19.8. The van der Waals surface area contributed by atoms with Gasteiger partial charge in [0.1, 0.15) is 12.0 Å². The van der Waals surface area contributed by atoms with Crippen molar-refractivity contribution in [2.45, 2.75) is 44.4 Å². The van der Waals surface area contributed by atoms with Crippen molar-refractivity contribution in [1.29, 1.82) is 0 Å². The first-order valence-corrected chi connectivity index (χ1v) is 10.5. The van der Waals surface area contributed by atoms with Crippen LogP contribution in [0.1, 0.15) is 55.8 Å². The van der Waals surface area contributed by atoms with Gasteiger partial charge in [-0.2, -0.15) is 14.6 Å². The second kappa shape index (κ2) is 6.06. The SMILES string of the molecule is O=C([C@H]1C[C@H]2C=C[C@H]1C21CC1)N1CCC[C@@H](c2cc(C(F)F)n3ncnc3n2)C1. The number of amides is 1. The largest absolute Gasteiger partial charge is 0.342 e. The highest BCUT2D eigenvalue weighted by molar-refractivity contribution is 5.81. The Morgan fingerprint density at radius 3 is 2.90 bits per heavy atom. The molecule has 3 heterocycles. The van der Waals surface area contributed by atoms with Crippen LogP contribution in [0.2, 0.25) is 0 Å². The van der Waals surface area contributed by atoms with Crippen LogP contribution in [0.25, 0.3) is 5.78 Å². The Balaban J connectivity index is 1.25. The monoisotopic (exact) mass is 399 g/mol. The highest BCUT2D eigenvalue weighted by atomic mass is 19.3. The number of carbonyl (C=O) groups excluding carboxylic acids is 1. The molecular formula is C21H23F2N5O. The number of nitrogens with zero attached hydrogens (tertiary/aromatic N) is 5. The van der Waals surface area contributed by atoms with Crippen LogP contribution in [-0.2, 0) is 4.79 Å². The van der Waals surface area contributed by atoms with Gasteiger partial charge in [-0.1, -0.05) is 12.2 Å². The number of hydrogen-bond donors (Lipinski definition) is 0. The van der Waals surface area contributed by atoms with Crippen molar-refractivity contribution in [3.63, 3.8) is 0 Å². The lowest BCUT2D eigenvalue weighted by molar-refractivity contribution is -0.137. The van der Waals surface area contributed by atoms with Crippen LogP contribution in [0.5, 0.6) is 0 Å². The Hall–Kier alpha value is -2.38. The summed E-state index contributed by atoms with van der Waals surface area (Å²) in [5.74, 6) is 1.46. The molecule has 0 radical (unpaired) electrons. The number of rotatable bonds is 3. The van der Waals surface area contributed by atoms with Crippen molar-refractivity contribution in [3.05, 3.63) is 35.9 Å². The topological polar surface area (TPSA) is 63.4 Å². The summed E-state index contributed by atoms with van der Waals surface area (Å²) in [7, 11) is 0. The minimum atomic E-state index is -2.65. The standard InChI is InChI=1S/C21H23F2N5O/c22-18(23)17-9-16(26-20-24-11-25-28(17)20)12-2-1-7-27(10-12)19(29)14-8-13-3-4-15(14)21(13)5-6-21/h3-4,9,11-15,18H,1-2,5-8,10H2/t12-,13-,14+,15-/m1/s1. The van der Waals surface area contributed by atoms with Crippen molar-refractivity contribution in [2.24, 2.45) is 23.2 Å². The zero-order valence-corrected chi connectivity index (χ0v) is 16.0. The molecule has 4 aliphatic rings. The van der Waals surface area contributed by atoms with Gasteiger partial charge in [-0.15, -0.1) is 0 Å². The molecular weight excluding hydrogens is 376 g/mol. The third-order valence-corrected chi connectivity index (χ3v) is 7.71. The molecule has 2 bridgehead atoms. The molecule has 29 heavy (non-hydrogen) atoms. The number of allylic oxidation sites excluding steroid dienone is 2. The molecule has 4 atom stereocenters. The summed E-state index contributed by atoms with van der Waals surface area (Å²) >= 11 is 0. The van der Waals surface area contributed by atoms with Crippen LogP contribution in [-0.4, -0.2) is 43.5 Å². The predicted molar refractivity (Wildman–Crippen MR) is 100 cm³/mol. The third kappa shape index (κ3) is 2.50. The number of likely N-dealkylation sites (tertiary alicyclic amines) is 1. The van der Waals surface area contributed by atoms with E-state index in [0.29, 0.717) is 29.5 Å². The summed E-state index contributed by atoms with van der Waals surface area (Å²) in [4.78, 5) is 23.8. The van der Waals surface area contributed by atoms with Crippen LogP contribution in [0.4, 0.5) is 8.78 Å². The van der Waals surface area contributed by atoms with Gasteiger partial charge >= 0.3 is 0 Å². The molecule has 2 aromatic rings. The van der Waals surface area contributed by atoms with E-state index in [9.17, 15) is 13.6 Å². The summed E-state index contributed by atoms with van der Waals surface area (Å²) in [5, 5.41) is 3.86. The van der Waals surface area contributed by atoms with Gasteiger partial charge in [0.2, 0.25) is 5.91 Å².